The molecule has 0 atom stereocenters. The Hall–Kier alpha value is -2.12. The summed E-state index contributed by atoms with van der Waals surface area (Å²) >= 11 is 1.47. The summed E-state index contributed by atoms with van der Waals surface area (Å²) in [6.07, 6.45) is 1.86. The third-order valence-electron chi connectivity index (χ3n) is 3.40. The van der Waals surface area contributed by atoms with E-state index in [0.717, 1.165) is 21.0 Å². The number of phenols is 1. The molecule has 0 aliphatic carbocycles. The van der Waals surface area contributed by atoms with Gasteiger partial charge in [0.15, 0.2) is 10.8 Å². The first kappa shape index (κ1) is 15.8. The van der Waals surface area contributed by atoms with E-state index < -0.39 is 5.60 Å². The molecule has 0 bridgehead atoms. The minimum atomic E-state index is -0.798. The van der Waals surface area contributed by atoms with Crippen molar-refractivity contribution in [3.8, 4) is 11.4 Å². The summed E-state index contributed by atoms with van der Waals surface area (Å²) in [5.74, 6) is 0.207. The van der Waals surface area contributed by atoms with E-state index in [1.165, 1.54) is 11.3 Å². The lowest BCUT2D eigenvalue weighted by atomic mass is 10.1. The van der Waals surface area contributed by atoms with E-state index in [2.05, 4.69) is 15.4 Å². The molecule has 0 aliphatic rings. The van der Waals surface area contributed by atoms with Crippen LogP contribution in [0, 0.1) is 13.8 Å². The minimum Gasteiger partial charge on any atom is -0.506 e. The molecule has 0 saturated carbocycles. The van der Waals surface area contributed by atoms with Crippen LogP contribution in [0.5, 0.6) is 5.75 Å². The smallest absolute Gasteiger partial charge is 0.194 e. The average molecular weight is 332 g/mol. The maximum absolute atomic E-state index is 10.2. The van der Waals surface area contributed by atoms with Gasteiger partial charge in [-0.1, -0.05) is 17.4 Å². The lowest BCUT2D eigenvalue weighted by Gasteiger charge is -2.16. The summed E-state index contributed by atoms with van der Waals surface area (Å²) in [5, 5.41) is 28.2. The fourth-order valence-corrected chi connectivity index (χ4v) is 3.25. The predicted molar refractivity (Wildman–Crippen MR) is 92.7 cm³/mol. The molecule has 0 saturated heterocycles. The van der Waals surface area contributed by atoms with Crippen LogP contribution in [0.1, 0.15) is 25.0 Å². The van der Waals surface area contributed by atoms with Crippen molar-refractivity contribution in [1.29, 1.82) is 0 Å². The van der Waals surface area contributed by atoms with E-state index in [-0.39, 0.29) is 5.75 Å². The molecule has 0 fully saturated rings. The van der Waals surface area contributed by atoms with Crippen LogP contribution in [0.2, 0.25) is 0 Å². The maximum Gasteiger partial charge on any atom is 0.194 e. The molecule has 0 spiro atoms. The lowest BCUT2D eigenvalue weighted by Crippen LogP contribution is -2.29. The Bertz CT molecular complexity index is 806. The van der Waals surface area contributed by atoms with E-state index in [0.29, 0.717) is 17.9 Å². The maximum atomic E-state index is 10.2. The average Bonchev–Trinajstić information content (AvgIpc) is 2.92. The van der Waals surface area contributed by atoms with Crippen LogP contribution in [0.15, 0.2) is 18.3 Å². The number of benzene rings is 1. The fourth-order valence-electron chi connectivity index (χ4n) is 2.44. The zero-order chi connectivity index (χ0) is 16.8. The van der Waals surface area contributed by atoms with Crippen LogP contribution in [-0.4, -0.2) is 37.1 Å². The molecule has 3 aromatic rings. The Morgan fingerprint density at radius 2 is 2.04 bits per heavy atom. The fraction of sp³-hybridized carbons (Fsp3) is 0.375. The minimum absolute atomic E-state index is 0.207. The first-order valence-electron chi connectivity index (χ1n) is 7.36. The zero-order valence-electron chi connectivity index (χ0n) is 13.6. The van der Waals surface area contributed by atoms with Crippen molar-refractivity contribution in [3.63, 3.8) is 0 Å². The Morgan fingerprint density at radius 3 is 2.65 bits per heavy atom. The van der Waals surface area contributed by atoms with Crippen LogP contribution >= 0.6 is 11.3 Å². The number of aryl methyl sites for hydroxylation is 2. The van der Waals surface area contributed by atoms with E-state index in [1.54, 1.807) is 24.6 Å². The van der Waals surface area contributed by atoms with E-state index >= 15 is 0 Å². The molecule has 0 aliphatic heterocycles. The van der Waals surface area contributed by atoms with Gasteiger partial charge in [0.1, 0.15) is 11.4 Å². The number of nitrogens with one attached hydrogen (secondary N) is 1. The first-order valence-corrected chi connectivity index (χ1v) is 8.18. The van der Waals surface area contributed by atoms with Gasteiger partial charge in [-0.3, -0.25) is 0 Å². The molecular formula is C16H20N4O2S. The van der Waals surface area contributed by atoms with E-state index in [9.17, 15) is 10.2 Å². The third kappa shape index (κ3) is 3.30. The Morgan fingerprint density at radius 1 is 1.30 bits per heavy atom. The van der Waals surface area contributed by atoms with Crippen LogP contribution in [0.25, 0.3) is 16.0 Å². The van der Waals surface area contributed by atoms with Crippen LogP contribution < -0.4 is 5.32 Å². The van der Waals surface area contributed by atoms with E-state index in [4.69, 9.17) is 0 Å². The van der Waals surface area contributed by atoms with Crippen molar-refractivity contribution in [1.82, 2.24) is 14.8 Å². The standard InChI is InChI=1S/C16H20N4O2S/c1-9-5-10(2)13(11(21)6-9)20-7-12-14(19-20)18-15(23-12)17-8-16(3,4)22/h5-7,21-22H,8H2,1-4H3,(H,17,18,19). The summed E-state index contributed by atoms with van der Waals surface area (Å²) in [6, 6.07) is 3.73. The normalized spacial score (nSPS) is 12.0. The summed E-state index contributed by atoms with van der Waals surface area (Å²) in [5.41, 5.74) is 2.46. The molecule has 7 heteroatoms. The molecule has 0 unspecified atom stereocenters. The highest BCUT2D eigenvalue weighted by atomic mass is 32.1. The second kappa shape index (κ2) is 5.50. The van der Waals surface area contributed by atoms with E-state index in [1.807, 2.05) is 26.1 Å². The monoisotopic (exact) mass is 332 g/mol. The Labute approximate surface area is 138 Å². The highest BCUT2D eigenvalue weighted by molar-refractivity contribution is 7.22. The number of aromatic nitrogens is 3. The van der Waals surface area contributed by atoms with Crippen molar-refractivity contribution in [2.75, 3.05) is 11.9 Å². The van der Waals surface area contributed by atoms with Crippen molar-refractivity contribution in [2.45, 2.75) is 33.3 Å². The zero-order valence-corrected chi connectivity index (χ0v) is 14.4. The molecule has 0 amide bonds. The number of thiazole rings is 1. The lowest BCUT2D eigenvalue weighted by molar-refractivity contribution is 0.0945. The van der Waals surface area contributed by atoms with Crippen molar-refractivity contribution >= 4 is 26.8 Å². The van der Waals surface area contributed by atoms with Gasteiger partial charge >= 0.3 is 0 Å². The molecule has 3 rings (SSSR count). The van der Waals surface area contributed by atoms with Gasteiger partial charge in [-0.15, -0.1) is 5.10 Å². The number of hydrogen-bond donors (Lipinski definition) is 3. The van der Waals surface area contributed by atoms with Gasteiger partial charge < -0.3 is 15.5 Å². The number of nitrogens with zero attached hydrogens (tertiary/aromatic N) is 3. The molecule has 122 valence electrons. The number of anilines is 1. The topological polar surface area (TPSA) is 83.2 Å². The highest BCUT2D eigenvalue weighted by Crippen LogP contribution is 2.31. The van der Waals surface area contributed by atoms with Crippen molar-refractivity contribution < 1.29 is 10.2 Å². The summed E-state index contributed by atoms with van der Waals surface area (Å²) in [7, 11) is 0. The van der Waals surface area contributed by atoms with Gasteiger partial charge in [0.2, 0.25) is 0 Å². The molecule has 23 heavy (non-hydrogen) atoms. The number of aliphatic hydroxyl groups is 1. The second-order valence-electron chi connectivity index (χ2n) is 6.40. The molecule has 1 aromatic carbocycles. The SMILES string of the molecule is Cc1cc(C)c(-n2cc3sc(NCC(C)(C)O)nc3n2)c(O)c1. The van der Waals surface area contributed by atoms with Gasteiger partial charge in [-0.05, 0) is 44.9 Å². The second-order valence-corrected chi connectivity index (χ2v) is 7.43. The molecule has 3 N–H and O–H groups in total. The summed E-state index contributed by atoms with van der Waals surface area (Å²) < 4.78 is 2.58. The number of hydrogen-bond acceptors (Lipinski definition) is 6. The van der Waals surface area contributed by atoms with Crippen molar-refractivity contribution in [2.24, 2.45) is 0 Å². The first-order chi connectivity index (χ1) is 10.7. The third-order valence-corrected chi connectivity index (χ3v) is 4.34. The van der Waals surface area contributed by atoms with Gasteiger partial charge in [0, 0.05) is 6.54 Å². The summed E-state index contributed by atoms with van der Waals surface area (Å²) in [6.45, 7) is 7.79. The quantitative estimate of drug-likeness (QED) is 0.684. The number of phenolic OH excluding ortho intramolecular Hbond substituents is 1. The van der Waals surface area contributed by atoms with Gasteiger partial charge in [-0.25, -0.2) is 4.68 Å². The number of rotatable bonds is 4. The van der Waals surface area contributed by atoms with Crippen molar-refractivity contribution in [3.05, 3.63) is 29.5 Å². The molecule has 6 nitrogen and oxygen atoms in total. The van der Waals surface area contributed by atoms with Gasteiger partial charge in [0.05, 0.1) is 16.5 Å². The molecular weight excluding hydrogens is 312 g/mol. The van der Waals surface area contributed by atoms with Crippen LogP contribution in [0.3, 0.4) is 0 Å². The van der Waals surface area contributed by atoms with Crippen LogP contribution in [-0.2, 0) is 0 Å². The largest absolute Gasteiger partial charge is 0.506 e. The predicted octanol–water partition coefficient (Wildman–Crippen LogP) is 2.99. The highest BCUT2D eigenvalue weighted by Gasteiger charge is 2.16. The molecule has 2 heterocycles. The Balaban J connectivity index is 1.92. The number of aromatic hydroxyl groups is 1. The number of fused-ring (bicyclic) bond motifs is 1. The van der Waals surface area contributed by atoms with Gasteiger partial charge in [-0.2, -0.15) is 4.98 Å². The van der Waals surface area contributed by atoms with Crippen LogP contribution in [0.4, 0.5) is 5.13 Å². The Kier molecular flexibility index (Phi) is 3.77. The summed E-state index contributed by atoms with van der Waals surface area (Å²) in [4.78, 5) is 4.42. The van der Waals surface area contributed by atoms with Gasteiger partial charge in [0.25, 0.3) is 0 Å². The molecule has 2 aromatic heterocycles. The molecule has 0 radical (unpaired) electrons.